The first-order valence-corrected chi connectivity index (χ1v) is 11.2. The van der Waals surface area contributed by atoms with Gasteiger partial charge in [0, 0.05) is 18.8 Å². The number of carbonyl (C=O) groups excluding carboxylic acids is 1. The standard InChI is InChI=1S/C25H26F4N4O2/c1-14-19-5-4-17(25(27,28)29)8-15(19)6-7-33(14)23(34)12-30-22-10-16-9-18(13-32(2)3)31-24(35)20(16)11-21(22)26/h4-5,8-11,14,30H,6-7,12-13H2,1-3H3,(H,31,35)/t14-/m0/s1. The topological polar surface area (TPSA) is 68.4 Å². The smallest absolute Gasteiger partial charge is 0.374 e. The Balaban J connectivity index is 1.50. The van der Waals surface area contributed by atoms with Gasteiger partial charge in [-0.15, -0.1) is 0 Å². The molecule has 0 spiro atoms. The van der Waals surface area contributed by atoms with Crippen LogP contribution < -0.4 is 10.9 Å². The molecular weight excluding hydrogens is 464 g/mol. The first-order chi connectivity index (χ1) is 16.4. The first-order valence-electron chi connectivity index (χ1n) is 11.2. The zero-order valence-corrected chi connectivity index (χ0v) is 19.6. The molecule has 2 aromatic carbocycles. The highest BCUT2D eigenvalue weighted by molar-refractivity contribution is 5.87. The third-order valence-corrected chi connectivity index (χ3v) is 6.23. The Hall–Kier alpha value is -3.40. The van der Waals surface area contributed by atoms with E-state index >= 15 is 0 Å². The van der Waals surface area contributed by atoms with Crippen LogP contribution in [0.15, 0.2) is 41.2 Å². The second-order valence-electron chi connectivity index (χ2n) is 9.06. The predicted molar refractivity (Wildman–Crippen MR) is 126 cm³/mol. The maximum atomic E-state index is 14.7. The van der Waals surface area contributed by atoms with E-state index in [1.807, 2.05) is 19.0 Å². The number of aromatic amines is 1. The van der Waals surface area contributed by atoms with Crippen LogP contribution in [-0.2, 0) is 23.9 Å². The molecule has 3 aromatic rings. The predicted octanol–water partition coefficient (Wildman–Crippen LogP) is 4.31. The number of aromatic nitrogens is 1. The molecule has 10 heteroatoms. The molecule has 4 rings (SSSR count). The molecule has 1 aliphatic rings. The van der Waals surface area contributed by atoms with Crippen LogP contribution in [0.1, 0.15) is 35.3 Å². The number of benzene rings is 2. The van der Waals surface area contributed by atoms with Crippen LogP contribution in [0.2, 0.25) is 0 Å². The van der Waals surface area contributed by atoms with Crippen LogP contribution >= 0.6 is 0 Å². The van der Waals surface area contributed by atoms with Crippen molar-refractivity contribution in [3.05, 3.63) is 75.0 Å². The molecule has 1 atom stereocenters. The number of halogens is 4. The summed E-state index contributed by atoms with van der Waals surface area (Å²) in [5.74, 6) is -0.963. The average Bonchev–Trinajstić information content (AvgIpc) is 2.77. The molecule has 1 aromatic heterocycles. The van der Waals surface area contributed by atoms with Crippen molar-refractivity contribution in [1.82, 2.24) is 14.8 Å². The number of fused-ring (bicyclic) bond motifs is 2. The molecule has 0 saturated carbocycles. The van der Waals surface area contributed by atoms with Crippen LogP contribution in [0.4, 0.5) is 23.2 Å². The molecule has 0 saturated heterocycles. The Morgan fingerprint density at radius 2 is 1.94 bits per heavy atom. The van der Waals surface area contributed by atoms with Gasteiger partial charge in [0.15, 0.2) is 0 Å². The SMILES string of the molecule is C[C@H]1c2ccc(C(F)(F)F)cc2CCN1C(=O)CNc1cc2cc(CN(C)C)[nH]c(=O)c2cc1F. The third-order valence-electron chi connectivity index (χ3n) is 6.23. The number of pyridine rings is 1. The van der Waals surface area contributed by atoms with E-state index in [-0.39, 0.29) is 30.1 Å². The fraction of sp³-hybridized carbons (Fsp3) is 0.360. The van der Waals surface area contributed by atoms with Crippen LogP contribution in [0.3, 0.4) is 0 Å². The van der Waals surface area contributed by atoms with E-state index in [9.17, 15) is 27.2 Å². The highest BCUT2D eigenvalue weighted by Gasteiger charge is 2.33. The highest BCUT2D eigenvalue weighted by atomic mass is 19.4. The van der Waals surface area contributed by atoms with Crippen molar-refractivity contribution in [1.29, 1.82) is 0 Å². The number of rotatable bonds is 5. The molecule has 0 fully saturated rings. The van der Waals surface area contributed by atoms with Gasteiger partial charge in [-0.05, 0) is 74.3 Å². The summed E-state index contributed by atoms with van der Waals surface area (Å²) in [7, 11) is 3.72. The molecule has 1 amide bonds. The quantitative estimate of drug-likeness (QED) is 0.524. The Morgan fingerprint density at radius 3 is 2.63 bits per heavy atom. The fourth-order valence-electron chi connectivity index (χ4n) is 4.53. The summed E-state index contributed by atoms with van der Waals surface area (Å²) in [5.41, 5.74) is 0.910. The van der Waals surface area contributed by atoms with E-state index in [4.69, 9.17) is 0 Å². The molecule has 0 radical (unpaired) electrons. The van der Waals surface area contributed by atoms with Crippen LogP contribution in [0.5, 0.6) is 0 Å². The number of H-pyrrole nitrogens is 1. The van der Waals surface area contributed by atoms with Gasteiger partial charge in [-0.2, -0.15) is 13.2 Å². The van der Waals surface area contributed by atoms with Crippen LogP contribution in [0, 0.1) is 5.82 Å². The summed E-state index contributed by atoms with van der Waals surface area (Å²) in [5, 5.41) is 3.57. The van der Waals surface area contributed by atoms with Gasteiger partial charge in [-0.1, -0.05) is 6.07 Å². The van der Waals surface area contributed by atoms with Crippen molar-refractivity contribution in [2.75, 3.05) is 32.5 Å². The van der Waals surface area contributed by atoms with Gasteiger partial charge in [-0.25, -0.2) is 4.39 Å². The van der Waals surface area contributed by atoms with E-state index < -0.39 is 29.2 Å². The largest absolute Gasteiger partial charge is 0.416 e. The lowest BCUT2D eigenvalue weighted by atomic mass is 9.91. The molecule has 1 aliphatic heterocycles. The molecule has 0 bridgehead atoms. The summed E-state index contributed by atoms with van der Waals surface area (Å²) in [6.45, 7) is 2.33. The zero-order chi connectivity index (χ0) is 25.5. The second-order valence-corrected chi connectivity index (χ2v) is 9.06. The minimum Gasteiger partial charge on any atom is -0.374 e. The van der Waals surface area contributed by atoms with E-state index in [0.29, 0.717) is 35.2 Å². The van der Waals surface area contributed by atoms with Crippen molar-refractivity contribution in [3.63, 3.8) is 0 Å². The number of nitrogens with zero attached hydrogens (tertiary/aromatic N) is 2. The van der Waals surface area contributed by atoms with Crippen molar-refractivity contribution in [2.45, 2.75) is 32.1 Å². The van der Waals surface area contributed by atoms with Gasteiger partial charge in [0.05, 0.1) is 29.2 Å². The van der Waals surface area contributed by atoms with E-state index in [1.165, 1.54) is 12.1 Å². The molecular formula is C25H26F4N4O2. The lowest BCUT2D eigenvalue weighted by molar-refractivity contribution is -0.138. The second kappa shape index (κ2) is 9.33. The number of hydrogen-bond donors (Lipinski definition) is 2. The van der Waals surface area contributed by atoms with Gasteiger partial charge in [0.2, 0.25) is 5.91 Å². The average molecular weight is 491 g/mol. The van der Waals surface area contributed by atoms with Gasteiger partial charge < -0.3 is 20.1 Å². The van der Waals surface area contributed by atoms with E-state index in [0.717, 1.165) is 18.2 Å². The summed E-state index contributed by atoms with van der Waals surface area (Å²) in [6, 6.07) is 7.58. The summed E-state index contributed by atoms with van der Waals surface area (Å²) >= 11 is 0. The monoisotopic (exact) mass is 490 g/mol. The van der Waals surface area contributed by atoms with Gasteiger partial charge >= 0.3 is 6.18 Å². The summed E-state index contributed by atoms with van der Waals surface area (Å²) < 4.78 is 53.8. The number of carbonyl (C=O) groups is 1. The molecule has 35 heavy (non-hydrogen) atoms. The number of nitrogens with one attached hydrogen (secondary N) is 2. The highest BCUT2D eigenvalue weighted by Crippen LogP contribution is 2.35. The summed E-state index contributed by atoms with van der Waals surface area (Å²) in [4.78, 5) is 31.5. The number of hydrogen-bond acceptors (Lipinski definition) is 4. The van der Waals surface area contributed by atoms with Crippen molar-refractivity contribution in [2.24, 2.45) is 0 Å². The fourth-order valence-corrected chi connectivity index (χ4v) is 4.53. The molecule has 2 heterocycles. The molecule has 0 unspecified atom stereocenters. The zero-order valence-electron chi connectivity index (χ0n) is 19.6. The van der Waals surface area contributed by atoms with Crippen molar-refractivity contribution >= 4 is 22.4 Å². The minimum absolute atomic E-state index is 0.0899. The van der Waals surface area contributed by atoms with Gasteiger partial charge in [0.25, 0.3) is 5.56 Å². The maximum Gasteiger partial charge on any atom is 0.416 e. The Labute approximate surface area is 199 Å². The molecule has 0 aliphatic carbocycles. The normalized spacial score (nSPS) is 16.0. The first kappa shape index (κ1) is 24.7. The minimum atomic E-state index is -4.42. The lowest BCUT2D eigenvalue weighted by Gasteiger charge is -2.35. The summed E-state index contributed by atoms with van der Waals surface area (Å²) in [6.07, 6.45) is -4.12. The lowest BCUT2D eigenvalue weighted by Crippen LogP contribution is -2.41. The molecule has 6 nitrogen and oxygen atoms in total. The van der Waals surface area contributed by atoms with Crippen LogP contribution in [-0.4, -0.2) is 47.9 Å². The van der Waals surface area contributed by atoms with Gasteiger partial charge in [0.1, 0.15) is 5.82 Å². The number of amides is 1. The third kappa shape index (κ3) is 5.17. The Morgan fingerprint density at radius 1 is 1.20 bits per heavy atom. The van der Waals surface area contributed by atoms with Crippen LogP contribution in [0.25, 0.3) is 10.8 Å². The van der Waals surface area contributed by atoms with E-state index in [1.54, 1.807) is 17.9 Å². The molecule has 2 N–H and O–H groups in total. The van der Waals surface area contributed by atoms with Crippen molar-refractivity contribution < 1.29 is 22.4 Å². The van der Waals surface area contributed by atoms with Gasteiger partial charge in [-0.3, -0.25) is 9.59 Å². The maximum absolute atomic E-state index is 14.7. The molecule has 186 valence electrons. The number of alkyl halides is 3. The Bertz CT molecular complexity index is 1330. The van der Waals surface area contributed by atoms with E-state index in [2.05, 4.69) is 10.3 Å². The Kier molecular flexibility index (Phi) is 6.59. The van der Waals surface area contributed by atoms with Crippen molar-refractivity contribution in [3.8, 4) is 0 Å². The number of anilines is 1.